The molecule has 4 heteroatoms. The lowest BCUT2D eigenvalue weighted by Crippen LogP contribution is -2.27. The number of aryl methyl sites for hydroxylation is 2. The maximum Gasteiger partial charge on any atom is 0.341 e. The van der Waals surface area contributed by atoms with Crippen LogP contribution in [-0.2, 0) is 0 Å². The second-order valence-electron chi connectivity index (χ2n) is 4.63. The number of benzene rings is 1. The first-order valence-corrected chi connectivity index (χ1v) is 5.95. The second kappa shape index (κ2) is 4.72. The number of carboxylic acid groups (broad SMARTS) is 1. The maximum absolute atomic E-state index is 12.3. The maximum atomic E-state index is 12.3. The van der Waals surface area contributed by atoms with Crippen molar-refractivity contribution in [2.45, 2.75) is 20.8 Å². The van der Waals surface area contributed by atoms with Crippen LogP contribution in [0.2, 0.25) is 0 Å². The summed E-state index contributed by atoms with van der Waals surface area (Å²) in [7, 11) is 0. The molecule has 0 bridgehead atoms. The standard InChI is InChI=1S/C15H15NO3/c1-9-4-6-12(7-5-9)16-8-10(2)11(3)13(14(16)17)15(18)19/h4-8H,1-3H3,(H,18,19). The zero-order valence-electron chi connectivity index (χ0n) is 11.1. The van der Waals surface area contributed by atoms with Crippen molar-refractivity contribution in [3.63, 3.8) is 0 Å². The fraction of sp³-hybridized carbons (Fsp3) is 0.200. The van der Waals surface area contributed by atoms with Crippen LogP contribution in [0.3, 0.4) is 0 Å². The minimum atomic E-state index is -1.19. The van der Waals surface area contributed by atoms with Crippen molar-refractivity contribution in [2.24, 2.45) is 0 Å². The van der Waals surface area contributed by atoms with Gasteiger partial charge in [-0.05, 0) is 44.0 Å². The number of carbonyl (C=O) groups is 1. The van der Waals surface area contributed by atoms with E-state index in [1.165, 1.54) is 4.57 Å². The van der Waals surface area contributed by atoms with E-state index in [1.54, 1.807) is 32.2 Å². The first-order chi connectivity index (χ1) is 8.91. The Balaban J connectivity index is 2.75. The highest BCUT2D eigenvalue weighted by atomic mass is 16.4. The van der Waals surface area contributed by atoms with E-state index in [2.05, 4.69) is 0 Å². The molecule has 1 heterocycles. The van der Waals surface area contributed by atoms with Crippen molar-refractivity contribution in [1.82, 2.24) is 4.57 Å². The number of nitrogens with zero attached hydrogens (tertiary/aromatic N) is 1. The number of aromatic carboxylic acids is 1. The van der Waals surface area contributed by atoms with Crippen molar-refractivity contribution < 1.29 is 9.90 Å². The van der Waals surface area contributed by atoms with Crippen LogP contribution in [0.15, 0.2) is 35.3 Å². The van der Waals surface area contributed by atoms with E-state index in [9.17, 15) is 14.7 Å². The fourth-order valence-corrected chi connectivity index (χ4v) is 1.98. The van der Waals surface area contributed by atoms with Gasteiger partial charge >= 0.3 is 5.97 Å². The summed E-state index contributed by atoms with van der Waals surface area (Å²) in [5, 5.41) is 9.17. The zero-order valence-corrected chi connectivity index (χ0v) is 11.1. The third kappa shape index (κ3) is 2.29. The summed E-state index contributed by atoms with van der Waals surface area (Å²) in [4.78, 5) is 23.5. The van der Waals surface area contributed by atoms with Gasteiger partial charge in [-0.3, -0.25) is 9.36 Å². The largest absolute Gasteiger partial charge is 0.477 e. The van der Waals surface area contributed by atoms with Crippen LogP contribution in [0.1, 0.15) is 27.0 Å². The van der Waals surface area contributed by atoms with Crippen molar-refractivity contribution in [1.29, 1.82) is 0 Å². The van der Waals surface area contributed by atoms with Gasteiger partial charge in [0.2, 0.25) is 0 Å². The van der Waals surface area contributed by atoms with Crippen LogP contribution in [0.4, 0.5) is 0 Å². The Bertz CT molecular complexity index is 697. The predicted molar refractivity (Wildman–Crippen MR) is 73.2 cm³/mol. The highest BCUT2D eigenvalue weighted by molar-refractivity contribution is 5.89. The molecular weight excluding hydrogens is 242 g/mol. The molecule has 2 aromatic rings. The molecule has 4 nitrogen and oxygen atoms in total. The van der Waals surface area contributed by atoms with E-state index < -0.39 is 11.5 Å². The second-order valence-corrected chi connectivity index (χ2v) is 4.63. The Hall–Kier alpha value is -2.36. The molecule has 0 radical (unpaired) electrons. The van der Waals surface area contributed by atoms with Crippen LogP contribution < -0.4 is 5.56 Å². The van der Waals surface area contributed by atoms with Gasteiger partial charge in [0.25, 0.3) is 5.56 Å². The van der Waals surface area contributed by atoms with Crippen molar-refractivity contribution in [2.75, 3.05) is 0 Å². The Morgan fingerprint density at radius 2 is 1.68 bits per heavy atom. The molecule has 0 saturated carbocycles. The van der Waals surface area contributed by atoms with Gasteiger partial charge < -0.3 is 5.11 Å². The lowest BCUT2D eigenvalue weighted by Gasteiger charge is -2.11. The molecule has 0 fully saturated rings. The smallest absolute Gasteiger partial charge is 0.341 e. The van der Waals surface area contributed by atoms with Gasteiger partial charge in [0.05, 0.1) is 0 Å². The molecule has 0 spiro atoms. The minimum Gasteiger partial charge on any atom is -0.477 e. The summed E-state index contributed by atoms with van der Waals surface area (Å²) < 4.78 is 1.38. The molecule has 0 saturated heterocycles. The quantitative estimate of drug-likeness (QED) is 0.899. The van der Waals surface area contributed by atoms with Gasteiger partial charge in [-0.15, -0.1) is 0 Å². The molecule has 0 atom stereocenters. The fourth-order valence-electron chi connectivity index (χ4n) is 1.98. The average Bonchev–Trinajstić information content (AvgIpc) is 2.35. The van der Waals surface area contributed by atoms with Gasteiger partial charge in [0.1, 0.15) is 5.56 Å². The third-order valence-electron chi connectivity index (χ3n) is 3.25. The number of hydrogen-bond acceptors (Lipinski definition) is 2. The molecule has 1 aromatic carbocycles. The summed E-state index contributed by atoms with van der Waals surface area (Å²) in [5.74, 6) is -1.19. The van der Waals surface area contributed by atoms with Gasteiger partial charge in [-0.25, -0.2) is 4.79 Å². The highest BCUT2D eigenvalue weighted by Gasteiger charge is 2.17. The van der Waals surface area contributed by atoms with Gasteiger partial charge in [-0.1, -0.05) is 17.7 Å². The number of rotatable bonds is 2. The van der Waals surface area contributed by atoms with Crippen molar-refractivity contribution in [3.05, 3.63) is 63.1 Å². The SMILES string of the molecule is Cc1ccc(-n2cc(C)c(C)c(C(=O)O)c2=O)cc1. The van der Waals surface area contributed by atoms with Gasteiger partial charge in [0.15, 0.2) is 0 Å². The zero-order chi connectivity index (χ0) is 14.2. The van der Waals surface area contributed by atoms with Crippen LogP contribution in [0.25, 0.3) is 5.69 Å². The molecule has 0 aliphatic heterocycles. The molecule has 0 aliphatic carbocycles. The lowest BCUT2D eigenvalue weighted by atomic mass is 10.1. The summed E-state index contributed by atoms with van der Waals surface area (Å²) in [5.41, 5.74) is 2.37. The van der Waals surface area contributed by atoms with Gasteiger partial charge in [0, 0.05) is 11.9 Å². The molecule has 0 amide bonds. The Morgan fingerprint density at radius 3 is 2.21 bits per heavy atom. The predicted octanol–water partition coefficient (Wildman–Crippen LogP) is 2.46. The molecule has 0 aliphatic rings. The molecular formula is C15H15NO3. The minimum absolute atomic E-state index is 0.166. The number of carboxylic acids is 1. The number of hydrogen-bond donors (Lipinski definition) is 1. The van der Waals surface area contributed by atoms with Gasteiger partial charge in [-0.2, -0.15) is 0 Å². The first-order valence-electron chi connectivity index (χ1n) is 5.95. The van der Waals surface area contributed by atoms with E-state index in [1.807, 2.05) is 19.1 Å². The Labute approximate surface area is 110 Å². The van der Waals surface area contributed by atoms with Crippen LogP contribution in [0.5, 0.6) is 0 Å². The summed E-state index contributed by atoms with van der Waals surface area (Å²) in [6, 6.07) is 7.38. The average molecular weight is 257 g/mol. The van der Waals surface area contributed by atoms with E-state index in [0.29, 0.717) is 11.3 Å². The first kappa shape index (κ1) is 13.1. The molecule has 19 heavy (non-hydrogen) atoms. The van der Waals surface area contributed by atoms with E-state index in [0.717, 1.165) is 11.1 Å². The molecule has 0 unspecified atom stereocenters. The normalized spacial score (nSPS) is 10.5. The summed E-state index contributed by atoms with van der Waals surface area (Å²) in [6.07, 6.45) is 1.68. The van der Waals surface area contributed by atoms with Crippen molar-refractivity contribution >= 4 is 5.97 Å². The monoisotopic (exact) mass is 257 g/mol. The van der Waals surface area contributed by atoms with Crippen LogP contribution >= 0.6 is 0 Å². The molecule has 98 valence electrons. The topological polar surface area (TPSA) is 59.3 Å². The third-order valence-corrected chi connectivity index (χ3v) is 3.25. The highest BCUT2D eigenvalue weighted by Crippen LogP contribution is 2.13. The Kier molecular flexibility index (Phi) is 3.25. The molecule has 1 N–H and O–H groups in total. The van der Waals surface area contributed by atoms with E-state index in [4.69, 9.17) is 0 Å². The number of pyridine rings is 1. The molecule has 1 aromatic heterocycles. The number of aromatic nitrogens is 1. The Morgan fingerprint density at radius 1 is 1.11 bits per heavy atom. The lowest BCUT2D eigenvalue weighted by molar-refractivity contribution is 0.0693. The van der Waals surface area contributed by atoms with Crippen LogP contribution in [0, 0.1) is 20.8 Å². The molecule has 2 rings (SSSR count). The van der Waals surface area contributed by atoms with E-state index >= 15 is 0 Å². The summed E-state index contributed by atoms with van der Waals surface area (Å²) in [6.45, 7) is 5.40. The summed E-state index contributed by atoms with van der Waals surface area (Å²) >= 11 is 0. The van der Waals surface area contributed by atoms with Crippen molar-refractivity contribution in [3.8, 4) is 5.69 Å². The van der Waals surface area contributed by atoms with E-state index in [-0.39, 0.29) is 5.56 Å². The van der Waals surface area contributed by atoms with Crippen LogP contribution in [-0.4, -0.2) is 15.6 Å².